The molecule has 104 valence electrons. The van der Waals surface area contributed by atoms with Crippen LogP contribution < -0.4 is 10.6 Å². The second-order valence-electron chi connectivity index (χ2n) is 4.57. The zero-order valence-corrected chi connectivity index (χ0v) is 10.7. The van der Waals surface area contributed by atoms with Gasteiger partial charge in [0, 0.05) is 5.69 Å². The molecule has 21 heavy (non-hydrogen) atoms. The number of benzene rings is 2. The van der Waals surface area contributed by atoms with Crippen LogP contribution in [0, 0.1) is 0 Å². The molecule has 0 aliphatic carbocycles. The number of carboxylic acids is 1. The number of nitrogens with zero attached hydrogens (tertiary/aromatic N) is 1. The zero-order valence-electron chi connectivity index (χ0n) is 10.7. The molecule has 2 aromatic rings. The lowest BCUT2D eigenvalue weighted by Gasteiger charge is -2.16. The predicted molar refractivity (Wildman–Crippen MR) is 75.4 cm³/mol. The standard InChI is InChI=1S/C15H10N2O4/c16-8-5-6-12(11(7-8)15(20)21)17-13(18)9-3-1-2-4-10(9)14(17)19/h1-7H,16H2,(H,20,21). The van der Waals surface area contributed by atoms with E-state index in [4.69, 9.17) is 5.73 Å². The maximum absolute atomic E-state index is 12.3. The Kier molecular flexibility index (Phi) is 2.72. The normalized spacial score (nSPS) is 13.4. The van der Waals surface area contributed by atoms with Crippen molar-refractivity contribution in [1.82, 2.24) is 0 Å². The van der Waals surface area contributed by atoms with Crippen LogP contribution in [-0.4, -0.2) is 22.9 Å². The lowest BCUT2D eigenvalue weighted by Crippen LogP contribution is -2.31. The van der Waals surface area contributed by atoms with Gasteiger partial charge < -0.3 is 10.8 Å². The summed E-state index contributed by atoms with van der Waals surface area (Å²) in [7, 11) is 0. The van der Waals surface area contributed by atoms with Crippen molar-refractivity contribution in [3.63, 3.8) is 0 Å². The molecule has 0 saturated heterocycles. The number of carboxylic acid groups (broad SMARTS) is 1. The van der Waals surface area contributed by atoms with E-state index in [0.29, 0.717) is 0 Å². The number of imide groups is 1. The largest absolute Gasteiger partial charge is 0.478 e. The van der Waals surface area contributed by atoms with Crippen molar-refractivity contribution in [2.75, 3.05) is 10.6 Å². The summed E-state index contributed by atoms with van der Waals surface area (Å²) < 4.78 is 0. The molecular weight excluding hydrogens is 272 g/mol. The summed E-state index contributed by atoms with van der Waals surface area (Å²) in [6.07, 6.45) is 0. The van der Waals surface area contributed by atoms with Gasteiger partial charge in [0.15, 0.2) is 0 Å². The average molecular weight is 282 g/mol. The Morgan fingerprint density at radius 3 is 2.10 bits per heavy atom. The Morgan fingerprint density at radius 1 is 1.00 bits per heavy atom. The average Bonchev–Trinajstić information content (AvgIpc) is 2.72. The van der Waals surface area contributed by atoms with Gasteiger partial charge in [0.1, 0.15) is 0 Å². The number of rotatable bonds is 2. The maximum Gasteiger partial charge on any atom is 0.337 e. The molecule has 0 aromatic heterocycles. The molecule has 0 radical (unpaired) electrons. The summed E-state index contributed by atoms with van der Waals surface area (Å²) in [5.41, 5.74) is 6.16. The molecule has 1 aliphatic heterocycles. The van der Waals surface area contributed by atoms with E-state index >= 15 is 0 Å². The molecule has 0 unspecified atom stereocenters. The summed E-state index contributed by atoms with van der Waals surface area (Å²) in [5, 5.41) is 9.24. The van der Waals surface area contributed by atoms with Crippen LogP contribution in [0.1, 0.15) is 31.1 Å². The van der Waals surface area contributed by atoms with E-state index in [-0.39, 0.29) is 28.1 Å². The van der Waals surface area contributed by atoms with Gasteiger partial charge >= 0.3 is 5.97 Å². The minimum atomic E-state index is -1.26. The van der Waals surface area contributed by atoms with E-state index in [1.807, 2.05) is 0 Å². The lowest BCUT2D eigenvalue weighted by atomic mass is 10.1. The molecular formula is C15H10N2O4. The highest BCUT2D eigenvalue weighted by atomic mass is 16.4. The van der Waals surface area contributed by atoms with Crippen molar-refractivity contribution in [1.29, 1.82) is 0 Å². The number of hydrogen-bond acceptors (Lipinski definition) is 4. The highest BCUT2D eigenvalue weighted by Gasteiger charge is 2.38. The molecule has 3 N–H and O–H groups in total. The van der Waals surface area contributed by atoms with Crippen molar-refractivity contribution in [3.05, 3.63) is 59.2 Å². The van der Waals surface area contributed by atoms with Crippen LogP contribution in [0.5, 0.6) is 0 Å². The van der Waals surface area contributed by atoms with Crippen LogP contribution in [0.4, 0.5) is 11.4 Å². The van der Waals surface area contributed by atoms with Crippen molar-refractivity contribution in [3.8, 4) is 0 Å². The van der Waals surface area contributed by atoms with E-state index in [1.54, 1.807) is 12.1 Å². The van der Waals surface area contributed by atoms with Gasteiger partial charge in [0.25, 0.3) is 11.8 Å². The molecule has 0 atom stereocenters. The number of carbonyl (C=O) groups excluding carboxylic acids is 2. The number of amides is 2. The molecule has 3 rings (SSSR count). The smallest absolute Gasteiger partial charge is 0.337 e. The van der Waals surface area contributed by atoms with Crippen LogP contribution in [-0.2, 0) is 0 Å². The summed E-state index contributed by atoms with van der Waals surface area (Å²) in [6, 6.07) is 10.4. The fraction of sp³-hybridized carbons (Fsp3) is 0. The summed E-state index contributed by atoms with van der Waals surface area (Å²) in [6.45, 7) is 0. The second kappa shape index (κ2) is 4.45. The number of nitrogen functional groups attached to an aromatic ring is 1. The fourth-order valence-electron chi connectivity index (χ4n) is 2.33. The molecule has 0 fully saturated rings. The fourth-order valence-corrected chi connectivity index (χ4v) is 2.33. The first-order valence-electron chi connectivity index (χ1n) is 6.11. The van der Waals surface area contributed by atoms with E-state index in [0.717, 1.165) is 4.90 Å². The minimum absolute atomic E-state index is 0.0166. The van der Waals surface area contributed by atoms with Gasteiger partial charge in [-0.15, -0.1) is 0 Å². The van der Waals surface area contributed by atoms with Crippen molar-refractivity contribution in [2.45, 2.75) is 0 Å². The highest BCUT2D eigenvalue weighted by Crippen LogP contribution is 2.31. The van der Waals surface area contributed by atoms with Gasteiger partial charge in [-0.3, -0.25) is 9.59 Å². The molecule has 2 aromatic carbocycles. The Hall–Kier alpha value is -3.15. The SMILES string of the molecule is Nc1ccc(N2C(=O)c3ccccc3C2=O)c(C(=O)O)c1. The number of aromatic carboxylic acids is 1. The molecule has 0 bridgehead atoms. The molecule has 0 spiro atoms. The number of fused-ring (bicyclic) bond motifs is 1. The molecule has 2 amide bonds. The molecule has 0 saturated carbocycles. The topological polar surface area (TPSA) is 101 Å². The summed E-state index contributed by atoms with van der Waals surface area (Å²) in [5.74, 6) is -2.33. The van der Waals surface area contributed by atoms with E-state index in [2.05, 4.69) is 0 Å². The molecule has 6 nitrogen and oxygen atoms in total. The highest BCUT2D eigenvalue weighted by molar-refractivity contribution is 6.35. The Balaban J connectivity index is 2.18. The third-order valence-electron chi connectivity index (χ3n) is 3.29. The zero-order chi connectivity index (χ0) is 15.1. The Labute approximate surface area is 119 Å². The Morgan fingerprint density at radius 2 is 1.57 bits per heavy atom. The first-order valence-corrected chi connectivity index (χ1v) is 6.11. The van der Waals surface area contributed by atoms with E-state index < -0.39 is 17.8 Å². The minimum Gasteiger partial charge on any atom is -0.478 e. The monoisotopic (exact) mass is 282 g/mol. The van der Waals surface area contributed by atoms with Gasteiger partial charge in [-0.1, -0.05) is 12.1 Å². The van der Waals surface area contributed by atoms with Crippen molar-refractivity contribution in [2.24, 2.45) is 0 Å². The maximum atomic E-state index is 12.3. The van der Waals surface area contributed by atoms with Gasteiger partial charge in [0.05, 0.1) is 22.4 Å². The third-order valence-corrected chi connectivity index (χ3v) is 3.29. The molecule has 1 heterocycles. The van der Waals surface area contributed by atoms with Crippen molar-refractivity contribution < 1.29 is 19.5 Å². The van der Waals surface area contributed by atoms with Gasteiger partial charge in [-0.25, -0.2) is 9.69 Å². The van der Waals surface area contributed by atoms with Crippen LogP contribution in [0.3, 0.4) is 0 Å². The van der Waals surface area contributed by atoms with Gasteiger partial charge in [-0.2, -0.15) is 0 Å². The summed E-state index contributed by atoms with van der Waals surface area (Å²) >= 11 is 0. The van der Waals surface area contributed by atoms with Crippen LogP contribution in [0.2, 0.25) is 0 Å². The van der Waals surface area contributed by atoms with Crippen molar-refractivity contribution >= 4 is 29.2 Å². The lowest BCUT2D eigenvalue weighted by molar-refractivity contribution is 0.0698. The number of hydrogen-bond donors (Lipinski definition) is 2. The summed E-state index contributed by atoms with van der Waals surface area (Å²) in [4.78, 5) is 36.9. The molecule has 6 heteroatoms. The first-order chi connectivity index (χ1) is 10.0. The van der Waals surface area contributed by atoms with Crippen LogP contribution in [0.25, 0.3) is 0 Å². The predicted octanol–water partition coefficient (Wildman–Crippen LogP) is 1.77. The quantitative estimate of drug-likeness (QED) is 0.645. The van der Waals surface area contributed by atoms with Gasteiger partial charge in [-0.05, 0) is 30.3 Å². The van der Waals surface area contributed by atoms with E-state index in [1.165, 1.54) is 30.3 Å². The number of nitrogens with two attached hydrogens (primary N) is 1. The number of anilines is 2. The van der Waals surface area contributed by atoms with Crippen LogP contribution >= 0.6 is 0 Å². The van der Waals surface area contributed by atoms with Crippen LogP contribution in [0.15, 0.2) is 42.5 Å². The third kappa shape index (κ3) is 1.85. The van der Waals surface area contributed by atoms with Gasteiger partial charge in [0.2, 0.25) is 0 Å². The Bertz CT molecular complexity index is 763. The van der Waals surface area contributed by atoms with E-state index in [9.17, 15) is 19.5 Å². The second-order valence-corrected chi connectivity index (χ2v) is 4.57. The molecule has 1 aliphatic rings. The number of carbonyl (C=O) groups is 3. The first kappa shape index (κ1) is 12.9.